The third-order valence-corrected chi connectivity index (χ3v) is 11.8. The molecule has 0 spiro atoms. The van der Waals surface area contributed by atoms with E-state index >= 15 is 0 Å². The van der Waals surface area contributed by atoms with E-state index in [1.807, 2.05) is 0 Å². The van der Waals surface area contributed by atoms with Gasteiger partial charge in [0.25, 0.3) is 0 Å². The fourth-order valence-corrected chi connectivity index (χ4v) is 9.15. The number of benzene rings is 9. The van der Waals surface area contributed by atoms with E-state index < -0.39 is 0 Å². The largest absolute Gasteiger partial charge is 0.456 e. The fourth-order valence-electron chi connectivity index (χ4n) is 9.15. The Balaban J connectivity index is 1.06. The molecule has 1 aromatic heterocycles. The standard InChI is InChI=1S/C53H37NO/c1-53(2)49-32-37(24-29-45(49)52-51(53)46-19-11-12-20-50(46)55-52)36-23-28-44-47(31-36)42-18-10-9-17-41(42)43-30-27-40(33-48(43)44)54(38-15-7-4-8-16-38)39-25-21-35(22-26-39)34-13-5-3-6-14-34/h3-33H,1-2H3. The molecule has 0 bridgehead atoms. The molecule has 2 heteroatoms. The molecule has 9 aromatic carbocycles. The van der Waals surface area contributed by atoms with E-state index in [1.54, 1.807) is 0 Å². The Morgan fingerprint density at radius 3 is 1.67 bits per heavy atom. The lowest BCUT2D eigenvalue weighted by Gasteiger charge is -2.26. The van der Waals surface area contributed by atoms with Crippen molar-refractivity contribution in [3.63, 3.8) is 0 Å². The van der Waals surface area contributed by atoms with E-state index in [9.17, 15) is 0 Å². The van der Waals surface area contributed by atoms with Gasteiger partial charge in [-0.3, -0.25) is 0 Å². The molecule has 0 N–H and O–H groups in total. The van der Waals surface area contributed by atoms with Gasteiger partial charge in [0.2, 0.25) is 0 Å². The number of hydrogen-bond acceptors (Lipinski definition) is 2. The summed E-state index contributed by atoms with van der Waals surface area (Å²) >= 11 is 0. The van der Waals surface area contributed by atoms with Gasteiger partial charge >= 0.3 is 0 Å². The lowest BCUT2D eigenvalue weighted by molar-refractivity contribution is 0.619. The van der Waals surface area contributed by atoms with Gasteiger partial charge in [-0.05, 0) is 115 Å². The van der Waals surface area contributed by atoms with Crippen LogP contribution in [0, 0.1) is 0 Å². The predicted molar refractivity (Wildman–Crippen MR) is 232 cm³/mol. The van der Waals surface area contributed by atoms with Gasteiger partial charge in [-0.25, -0.2) is 0 Å². The van der Waals surface area contributed by atoms with Gasteiger partial charge < -0.3 is 9.32 Å². The Hall–Kier alpha value is -6.90. The summed E-state index contributed by atoms with van der Waals surface area (Å²) in [6.45, 7) is 4.66. The second kappa shape index (κ2) is 12.1. The van der Waals surface area contributed by atoms with E-state index in [-0.39, 0.29) is 5.41 Å². The van der Waals surface area contributed by atoms with E-state index in [1.165, 1.54) is 76.6 Å². The maximum absolute atomic E-state index is 6.47. The Labute approximate surface area is 320 Å². The first kappa shape index (κ1) is 31.6. The first-order valence-electron chi connectivity index (χ1n) is 19.1. The summed E-state index contributed by atoms with van der Waals surface area (Å²) in [5, 5.41) is 8.74. The molecule has 1 aliphatic carbocycles. The van der Waals surface area contributed by atoms with Crippen LogP contribution < -0.4 is 4.90 Å². The van der Waals surface area contributed by atoms with Crippen molar-refractivity contribution < 1.29 is 4.42 Å². The minimum absolute atomic E-state index is 0.171. The van der Waals surface area contributed by atoms with Crippen molar-refractivity contribution in [1.82, 2.24) is 0 Å². The first-order chi connectivity index (χ1) is 27.0. The molecule has 2 nitrogen and oxygen atoms in total. The summed E-state index contributed by atoms with van der Waals surface area (Å²) in [5.74, 6) is 1.01. The van der Waals surface area contributed by atoms with Crippen molar-refractivity contribution in [3.05, 3.63) is 199 Å². The molecule has 0 saturated carbocycles. The average Bonchev–Trinajstić information content (AvgIpc) is 3.74. The van der Waals surface area contributed by atoms with Crippen molar-refractivity contribution in [2.75, 3.05) is 4.90 Å². The molecule has 0 fully saturated rings. The van der Waals surface area contributed by atoms with Crippen LogP contribution in [0.15, 0.2) is 192 Å². The lowest BCUT2D eigenvalue weighted by atomic mass is 9.80. The van der Waals surface area contributed by atoms with Gasteiger partial charge in [0.1, 0.15) is 11.3 Å². The van der Waals surface area contributed by atoms with Crippen molar-refractivity contribution in [3.8, 4) is 33.6 Å². The number of hydrogen-bond donors (Lipinski definition) is 0. The molecule has 10 aromatic rings. The highest BCUT2D eigenvalue weighted by molar-refractivity contribution is 6.26. The molecule has 0 amide bonds. The van der Waals surface area contributed by atoms with Gasteiger partial charge in [0, 0.05) is 39.0 Å². The molecule has 11 rings (SSSR count). The van der Waals surface area contributed by atoms with Gasteiger partial charge in [0.05, 0.1) is 0 Å². The molecule has 0 aliphatic heterocycles. The summed E-state index contributed by atoms with van der Waals surface area (Å²) in [6, 6.07) is 68.4. The third kappa shape index (κ3) is 4.88. The molecule has 55 heavy (non-hydrogen) atoms. The van der Waals surface area contributed by atoms with Crippen LogP contribution >= 0.6 is 0 Å². The molecule has 0 unspecified atom stereocenters. The second-order valence-corrected chi connectivity index (χ2v) is 15.3. The fraction of sp³-hybridized carbons (Fsp3) is 0.0566. The van der Waals surface area contributed by atoms with E-state index in [0.717, 1.165) is 28.4 Å². The predicted octanol–water partition coefficient (Wildman–Crippen LogP) is 15.0. The van der Waals surface area contributed by atoms with Crippen LogP contribution in [0.5, 0.6) is 0 Å². The number of rotatable bonds is 5. The molecular formula is C53H37NO. The maximum atomic E-state index is 6.47. The van der Waals surface area contributed by atoms with Gasteiger partial charge in [0.15, 0.2) is 0 Å². The van der Waals surface area contributed by atoms with Crippen LogP contribution in [0.25, 0.3) is 76.9 Å². The number of anilines is 3. The quantitative estimate of drug-likeness (QED) is 0.166. The molecule has 0 saturated heterocycles. The summed E-state index contributed by atoms with van der Waals surface area (Å²) in [7, 11) is 0. The average molecular weight is 704 g/mol. The summed E-state index contributed by atoms with van der Waals surface area (Å²) in [5.41, 5.74) is 12.8. The molecular weight excluding hydrogens is 667 g/mol. The van der Waals surface area contributed by atoms with E-state index in [4.69, 9.17) is 4.42 Å². The minimum atomic E-state index is -0.171. The number of para-hydroxylation sites is 2. The third-order valence-electron chi connectivity index (χ3n) is 11.8. The Kier molecular flexibility index (Phi) is 6.93. The second-order valence-electron chi connectivity index (χ2n) is 15.3. The van der Waals surface area contributed by atoms with Gasteiger partial charge in [-0.15, -0.1) is 0 Å². The van der Waals surface area contributed by atoms with Crippen molar-refractivity contribution in [2.24, 2.45) is 0 Å². The monoisotopic (exact) mass is 703 g/mol. The Bertz CT molecular complexity index is 3100. The van der Waals surface area contributed by atoms with Crippen molar-refractivity contribution in [2.45, 2.75) is 19.3 Å². The lowest BCUT2D eigenvalue weighted by Crippen LogP contribution is -2.15. The first-order valence-corrected chi connectivity index (χ1v) is 19.1. The van der Waals surface area contributed by atoms with E-state index in [0.29, 0.717) is 0 Å². The zero-order valence-electron chi connectivity index (χ0n) is 30.8. The highest BCUT2D eigenvalue weighted by Gasteiger charge is 2.40. The van der Waals surface area contributed by atoms with E-state index in [2.05, 4.69) is 207 Å². The van der Waals surface area contributed by atoms with Gasteiger partial charge in [-0.1, -0.05) is 147 Å². The highest BCUT2D eigenvalue weighted by atomic mass is 16.3. The van der Waals surface area contributed by atoms with Crippen molar-refractivity contribution >= 4 is 60.3 Å². The summed E-state index contributed by atoms with van der Waals surface area (Å²) in [4.78, 5) is 2.36. The Morgan fingerprint density at radius 2 is 0.891 bits per heavy atom. The smallest absolute Gasteiger partial charge is 0.139 e. The number of fused-ring (bicyclic) bond motifs is 11. The molecule has 0 radical (unpaired) electrons. The highest BCUT2D eigenvalue weighted by Crippen LogP contribution is 2.54. The van der Waals surface area contributed by atoms with Crippen LogP contribution in [-0.2, 0) is 5.41 Å². The van der Waals surface area contributed by atoms with Crippen LogP contribution in [0.4, 0.5) is 17.1 Å². The SMILES string of the molecule is CC1(C)c2cc(-c3ccc4c(c3)c3ccccc3c3ccc(N(c5ccccc5)c5ccc(-c6ccccc6)cc5)cc34)ccc2-c2oc3ccccc3c21. The Morgan fingerprint density at radius 1 is 0.382 bits per heavy atom. The van der Waals surface area contributed by atoms with Crippen LogP contribution in [0.1, 0.15) is 25.0 Å². The maximum Gasteiger partial charge on any atom is 0.139 e. The number of nitrogens with zero attached hydrogens (tertiary/aromatic N) is 1. The minimum Gasteiger partial charge on any atom is -0.456 e. The van der Waals surface area contributed by atoms with Crippen molar-refractivity contribution in [1.29, 1.82) is 0 Å². The normalized spacial score (nSPS) is 13.1. The zero-order chi connectivity index (χ0) is 36.7. The number of furan rings is 1. The van der Waals surface area contributed by atoms with Gasteiger partial charge in [-0.2, -0.15) is 0 Å². The zero-order valence-corrected chi connectivity index (χ0v) is 30.8. The van der Waals surface area contributed by atoms with Crippen LogP contribution in [0.3, 0.4) is 0 Å². The topological polar surface area (TPSA) is 16.4 Å². The molecule has 1 heterocycles. The van der Waals surface area contributed by atoms with Crippen LogP contribution in [-0.4, -0.2) is 0 Å². The van der Waals surface area contributed by atoms with Crippen LogP contribution in [0.2, 0.25) is 0 Å². The summed E-state index contributed by atoms with van der Waals surface area (Å²) < 4.78 is 6.47. The molecule has 260 valence electrons. The summed E-state index contributed by atoms with van der Waals surface area (Å²) in [6.07, 6.45) is 0. The molecule has 1 aliphatic rings. The molecule has 0 atom stereocenters.